The summed E-state index contributed by atoms with van der Waals surface area (Å²) in [5.41, 5.74) is 5.10. The van der Waals surface area contributed by atoms with E-state index in [1.807, 2.05) is 18.7 Å². The maximum atomic E-state index is 12.9. The van der Waals surface area contributed by atoms with Crippen molar-refractivity contribution in [1.82, 2.24) is 4.90 Å². The number of aliphatic hydroxyl groups excluding tert-OH is 1. The number of aliphatic hydroxyl groups is 1. The molecule has 110 valence electrons. The molecule has 0 aliphatic carbocycles. The molecule has 4 nitrogen and oxygen atoms in total. The molecule has 0 aromatic heterocycles. The van der Waals surface area contributed by atoms with Gasteiger partial charge >= 0.3 is 0 Å². The van der Waals surface area contributed by atoms with Crippen LogP contribution in [0.1, 0.15) is 52.4 Å². The molecule has 3 N–H and O–H groups in total. The van der Waals surface area contributed by atoms with Crippen LogP contribution >= 0.6 is 12.2 Å². The van der Waals surface area contributed by atoms with Crippen LogP contribution in [0.15, 0.2) is 0 Å². The first-order valence-corrected chi connectivity index (χ1v) is 7.66. The zero-order chi connectivity index (χ0) is 14.5. The second kappa shape index (κ2) is 7.20. The average Bonchev–Trinajstić information content (AvgIpc) is 2.65. The van der Waals surface area contributed by atoms with Gasteiger partial charge in [0.25, 0.3) is 0 Å². The SMILES string of the molecule is CCC(CC)(C(=O)N1CCCCCC1CO)C(N)=S. The quantitative estimate of drug-likeness (QED) is 0.757. The van der Waals surface area contributed by atoms with Crippen LogP contribution in [0.2, 0.25) is 0 Å². The molecule has 0 aromatic rings. The van der Waals surface area contributed by atoms with Gasteiger partial charge in [-0.2, -0.15) is 0 Å². The van der Waals surface area contributed by atoms with Gasteiger partial charge in [-0.25, -0.2) is 0 Å². The number of hydrogen-bond donors (Lipinski definition) is 2. The van der Waals surface area contributed by atoms with Crippen LogP contribution in [0.5, 0.6) is 0 Å². The lowest BCUT2D eigenvalue weighted by atomic mass is 9.80. The summed E-state index contributed by atoms with van der Waals surface area (Å²) >= 11 is 5.15. The Morgan fingerprint density at radius 1 is 1.37 bits per heavy atom. The van der Waals surface area contributed by atoms with Crippen LogP contribution in [0.4, 0.5) is 0 Å². The zero-order valence-electron chi connectivity index (χ0n) is 12.0. The molecule has 19 heavy (non-hydrogen) atoms. The van der Waals surface area contributed by atoms with Gasteiger partial charge in [-0.3, -0.25) is 4.79 Å². The van der Waals surface area contributed by atoms with Crippen molar-refractivity contribution in [3.8, 4) is 0 Å². The largest absolute Gasteiger partial charge is 0.394 e. The second-order valence-electron chi connectivity index (χ2n) is 5.34. The Balaban J connectivity index is 3.02. The van der Waals surface area contributed by atoms with Gasteiger partial charge in [-0.05, 0) is 25.7 Å². The second-order valence-corrected chi connectivity index (χ2v) is 5.78. The minimum atomic E-state index is -0.743. The third-order valence-electron chi connectivity index (χ3n) is 4.44. The van der Waals surface area contributed by atoms with E-state index >= 15 is 0 Å². The van der Waals surface area contributed by atoms with Gasteiger partial charge in [0.2, 0.25) is 5.91 Å². The fourth-order valence-electron chi connectivity index (χ4n) is 2.92. The van der Waals surface area contributed by atoms with Crippen molar-refractivity contribution in [2.75, 3.05) is 13.2 Å². The molecule has 1 amide bonds. The molecule has 1 unspecified atom stereocenters. The van der Waals surface area contributed by atoms with Gasteiger partial charge in [0.15, 0.2) is 0 Å². The summed E-state index contributed by atoms with van der Waals surface area (Å²) in [4.78, 5) is 15.0. The van der Waals surface area contributed by atoms with Crippen molar-refractivity contribution in [2.24, 2.45) is 11.1 Å². The predicted octanol–water partition coefficient (Wildman–Crippen LogP) is 1.84. The lowest BCUT2D eigenvalue weighted by Gasteiger charge is -2.38. The van der Waals surface area contributed by atoms with Gasteiger partial charge < -0.3 is 15.7 Å². The Morgan fingerprint density at radius 2 is 2.00 bits per heavy atom. The monoisotopic (exact) mass is 286 g/mol. The molecule has 0 saturated carbocycles. The molecule has 1 aliphatic rings. The molecule has 0 bridgehead atoms. The first-order valence-electron chi connectivity index (χ1n) is 7.25. The van der Waals surface area contributed by atoms with Crippen LogP contribution in [-0.2, 0) is 4.79 Å². The third-order valence-corrected chi connectivity index (χ3v) is 4.83. The average molecular weight is 286 g/mol. The number of carbonyl (C=O) groups is 1. The molecule has 1 fully saturated rings. The van der Waals surface area contributed by atoms with Gasteiger partial charge in [0.1, 0.15) is 0 Å². The standard InChI is InChI=1S/C14H26N2O2S/c1-3-14(4-2,12(15)19)13(18)16-9-7-5-6-8-11(16)10-17/h11,17H,3-10H2,1-2H3,(H2,15,19). The van der Waals surface area contributed by atoms with Crippen molar-refractivity contribution >= 4 is 23.1 Å². The number of hydrogen-bond acceptors (Lipinski definition) is 3. The van der Waals surface area contributed by atoms with E-state index in [-0.39, 0.29) is 23.5 Å². The van der Waals surface area contributed by atoms with E-state index in [1.54, 1.807) is 0 Å². The number of carbonyl (C=O) groups excluding carboxylic acids is 1. The molecule has 1 saturated heterocycles. The number of amides is 1. The highest BCUT2D eigenvalue weighted by Gasteiger charge is 2.42. The van der Waals surface area contributed by atoms with E-state index in [0.717, 1.165) is 25.7 Å². The Morgan fingerprint density at radius 3 is 2.47 bits per heavy atom. The first kappa shape index (κ1) is 16.4. The number of nitrogens with two attached hydrogens (primary N) is 1. The summed E-state index contributed by atoms with van der Waals surface area (Å²) in [5.74, 6) is 0.00551. The molecule has 1 heterocycles. The van der Waals surface area contributed by atoms with Gasteiger partial charge in [-0.1, -0.05) is 38.9 Å². The Kier molecular flexibility index (Phi) is 6.20. The highest BCUT2D eigenvalue weighted by molar-refractivity contribution is 7.80. The minimum absolute atomic E-state index is 0.00551. The van der Waals surface area contributed by atoms with E-state index in [9.17, 15) is 9.90 Å². The Bertz CT molecular complexity index is 329. The summed E-state index contributed by atoms with van der Waals surface area (Å²) in [5, 5.41) is 9.53. The maximum Gasteiger partial charge on any atom is 0.235 e. The number of rotatable bonds is 5. The summed E-state index contributed by atoms with van der Waals surface area (Å²) < 4.78 is 0. The Hall–Kier alpha value is -0.680. The Labute approximate surface area is 121 Å². The van der Waals surface area contributed by atoms with Crippen LogP contribution in [-0.4, -0.2) is 40.1 Å². The van der Waals surface area contributed by atoms with Gasteiger partial charge in [-0.15, -0.1) is 0 Å². The van der Waals surface area contributed by atoms with Crippen LogP contribution in [0.3, 0.4) is 0 Å². The lowest BCUT2D eigenvalue weighted by Crippen LogP contribution is -2.54. The summed E-state index contributed by atoms with van der Waals surface area (Å²) in [6, 6.07) is -0.0816. The van der Waals surface area contributed by atoms with Crippen molar-refractivity contribution in [3.05, 3.63) is 0 Å². The minimum Gasteiger partial charge on any atom is -0.394 e. The van der Waals surface area contributed by atoms with Crippen LogP contribution in [0.25, 0.3) is 0 Å². The number of nitrogens with zero attached hydrogens (tertiary/aromatic N) is 1. The third kappa shape index (κ3) is 3.26. The molecule has 0 spiro atoms. The van der Waals surface area contributed by atoms with Crippen LogP contribution < -0.4 is 5.73 Å². The molecule has 0 aromatic carbocycles. The molecule has 1 atom stereocenters. The molecule has 0 radical (unpaired) electrons. The normalized spacial score (nSPS) is 21.0. The topological polar surface area (TPSA) is 66.6 Å². The fraction of sp³-hybridized carbons (Fsp3) is 0.857. The lowest BCUT2D eigenvalue weighted by molar-refractivity contribution is -0.142. The molecule has 5 heteroatoms. The van der Waals surface area contributed by atoms with Gasteiger partial charge in [0.05, 0.1) is 23.1 Å². The first-order chi connectivity index (χ1) is 9.03. The van der Waals surface area contributed by atoms with Gasteiger partial charge in [0, 0.05) is 6.54 Å². The van der Waals surface area contributed by atoms with E-state index in [4.69, 9.17) is 18.0 Å². The van der Waals surface area contributed by atoms with Crippen molar-refractivity contribution in [2.45, 2.75) is 58.4 Å². The van der Waals surface area contributed by atoms with Crippen molar-refractivity contribution < 1.29 is 9.90 Å². The summed E-state index contributed by atoms with van der Waals surface area (Å²) in [6.07, 6.45) is 5.26. The maximum absolute atomic E-state index is 12.9. The van der Waals surface area contributed by atoms with Crippen LogP contribution in [0, 0.1) is 5.41 Å². The molecular weight excluding hydrogens is 260 g/mol. The fourth-order valence-corrected chi connectivity index (χ4v) is 3.29. The molecular formula is C14H26N2O2S. The zero-order valence-corrected chi connectivity index (χ0v) is 12.8. The molecule has 1 rings (SSSR count). The highest BCUT2D eigenvalue weighted by Crippen LogP contribution is 2.32. The van der Waals surface area contributed by atoms with E-state index < -0.39 is 5.41 Å². The van der Waals surface area contributed by atoms with E-state index in [2.05, 4.69) is 0 Å². The number of thiocarbonyl (C=S) groups is 1. The van der Waals surface area contributed by atoms with Crippen molar-refractivity contribution in [1.29, 1.82) is 0 Å². The molecule has 1 aliphatic heterocycles. The van der Waals surface area contributed by atoms with Crippen molar-refractivity contribution in [3.63, 3.8) is 0 Å². The van der Waals surface area contributed by atoms with E-state index in [1.165, 1.54) is 0 Å². The highest BCUT2D eigenvalue weighted by atomic mass is 32.1. The van der Waals surface area contributed by atoms with E-state index in [0.29, 0.717) is 19.4 Å². The summed E-state index contributed by atoms with van der Waals surface area (Å²) in [6.45, 7) is 4.62. The number of likely N-dealkylation sites (tertiary alicyclic amines) is 1. The smallest absolute Gasteiger partial charge is 0.235 e. The predicted molar refractivity (Wildman–Crippen MR) is 80.9 cm³/mol. The summed E-state index contributed by atoms with van der Waals surface area (Å²) in [7, 11) is 0.